The first kappa shape index (κ1) is 9.96. The van der Waals surface area contributed by atoms with E-state index in [1.54, 1.807) is 0 Å². The summed E-state index contributed by atoms with van der Waals surface area (Å²) in [5.74, 6) is 0. The van der Waals surface area contributed by atoms with Crippen LogP contribution in [0.15, 0.2) is 0 Å². The number of hydrogen-bond acceptors (Lipinski definition) is 3. The van der Waals surface area contributed by atoms with Crippen LogP contribution in [-0.2, 0) is 9.47 Å². The highest BCUT2D eigenvalue weighted by Gasteiger charge is 2.28. The fraction of sp³-hybridized carbons (Fsp3) is 1.00. The summed E-state index contributed by atoms with van der Waals surface area (Å²) in [6.07, 6.45) is 0.642. The topological polar surface area (TPSA) is 38.7 Å². The molecular weight excluding hydrogens is 156 g/mol. The van der Waals surface area contributed by atoms with Crippen molar-refractivity contribution in [2.24, 2.45) is 5.41 Å². The average molecular weight is 174 g/mol. The molecule has 0 spiro atoms. The van der Waals surface area contributed by atoms with Crippen LogP contribution < -0.4 is 0 Å². The molecule has 72 valence electrons. The van der Waals surface area contributed by atoms with Crippen molar-refractivity contribution in [1.82, 2.24) is 0 Å². The normalized spacial score (nSPS) is 31.0. The van der Waals surface area contributed by atoms with Crippen molar-refractivity contribution in [2.75, 3.05) is 13.2 Å². The molecular formula is C9H18O3. The van der Waals surface area contributed by atoms with Gasteiger partial charge >= 0.3 is 0 Å². The van der Waals surface area contributed by atoms with Gasteiger partial charge in [0.05, 0.1) is 13.2 Å². The van der Waals surface area contributed by atoms with E-state index in [-0.39, 0.29) is 24.4 Å². The number of aliphatic hydroxyl groups is 1. The van der Waals surface area contributed by atoms with Gasteiger partial charge in [0.25, 0.3) is 0 Å². The molecule has 0 bridgehead atoms. The molecule has 0 aromatic heterocycles. The highest BCUT2D eigenvalue weighted by atomic mass is 16.7. The zero-order chi connectivity index (χ0) is 9.19. The first-order valence-corrected chi connectivity index (χ1v) is 4.39. The minimum atomic E-state index is -0.123. The minimum absolute atomic E-state index is 0.0562. The molecule has 1 N–H and O–H groups in total. The molecule has 3 nitrogen and oxygen atoms in total. The summed E-state index contributed by atoms with van der Waals surface area (Å²) in [5.41, 5.74) is 0.217. The van der Waals surface area contributed by atoms with E-state index in [0.29, 0.717) is 6.61 Å². The Morgan fingerprint density at radius 3 is 2.50 bits per heavy atom. The zero-order valence-corrected chi connectivity index (χ0v) is 8.04. The number of rotatable bonds is 2. The molecule has 1 rings (SSSR count). The van der Waals surface area contributed by atoms with E-state index in [9.17, 15) is 0 Å². The Kier molecular flexibility index (Phi) is 3.09. The third-order valence-corrected chi connectivity index (χ3v) is 1.79. The lowest BCUT2D eigenvalue weighted by atomic mass is 9.92. The van der Waals surface area contributed by atoms with Crippen molar-refractivity contribution in [3.63, 3.8) is 0 Å². The first-order valence-electron chi connectivity index (χ1n) is 4.39. The lowest BCUT2D eigenvalue weighted by molar-refractivity contribution is -0.0851. The summed E-state index contributed by atoms with van der Waals surface area (Å²) in [4.78, 5) is 0. The molecule has 0 aromatic rings. The highest BCUT2D eigenvalue weighted by molar-refractivity contribution is 4.70. The fourth-order valence-electron chi connectivity index (χ4n) is 1.21. The van der Waals surface area contributed by atoms with Crippen LogP contribution in [-0.4, -0.2) is 30.7 Å². The van der Waals surface area contributed by atoms with Crippen molar-refractivity contribution in [2.45, 2.75) is 39.6 Å². The Labute approximate surface area is 73.7 Å². The van der Waals surface area contributed by atoms with Crippen LogP contribution in [0.5, 0.6) is 0 Å². The van der Waals surface area contributed by atoms with Crippen molar-refractivity contribution in [3.05, 3.63) is 0 Å². The molecule has 12 heavy (non-hydrogen) atoms. The maximum absolute atomic E-state index is 8.78. The van der Waals surface area contributed by atoms with Crippen LogP contribution in [0.3, 0.4) is 0 Å². The molecule has 0 saturated carbocycles. The third kappa shape index (κ3) is 3.09. The summed E-state index contributed by atoms with van der Waals surface area (Å²) in [6.45, 7) is 7.02. The van der Waals surface area contributed by atoms with Gasteiger partial charge in [0.2, 0.25) is 0 Å². The molecule has 2 atom stereocenters. The Morgan fingerprint density at radius 1 is 1.42 bits per heavy atom. The Bertz CT molecular complexity index is 139. The predicted octanol–water partition coefficient (Wildman–Crippen LogP) is 1.16. The van der Waals surface area contributed by atoms with E-state index in [1.807, 2.05) is 0 Å². The first-order chi connectivity index (χ1) is 5.51. The maximum Gasteiger partial charge on any atom is 0.158 e. The van der Waals surface area contributed by atoms with Crippen LogP contribution in [0.1, 0.15) is 27.2 Å². The summed E-state index contributed by atoms with van der Waals surface area (Å²) in [7, 11) is 0. The number of aliphatic hydroxyl groups excluding tert-OH is 1. The fourth-order valence-corrected chi connectivity index (χ4v) is 1.21. The lowest BCUT2D eigenvalue weighted by Gasteiger charge is -2.21. The standard InChI is InChI=1S/C9H18O3/c1-9(2,3)4-8-11-6-7(5-10)12-8/h7-8,10H,4-6H2,1-3H3. The quantitative estimate of drug-likeness (QED) is 0.682. The predicted molar refractivity (Wildman–Crippen MR) is 45.8 cm³/mol. The molecule has 2 unspecified atom stereocenters. The second kappa shape index (κ2) is 3.73. The van der Waals surface area contributed by atoms with Crippen LogP contribution in [0.25, 0.3) is 0 Å². The Hall–Kier alpha value is -0.120. The van der Waals surface area contributed by atoms with E-state index in [4.69, 9.17) is 14.6 Å². The monoisotopic (exact) mass is 174 g/mol. The Morgan fingerprint density at radius 2 is 2.08 bits per heavy atom. The number of ether oxygens (including phenoxy) is 2. The van der Waals surface area contributed by atoms with E-state index >= 15 is 0 Å². The van der Waals surface area contributed by atoms with Gasteiger partial charge in [-0.15, -0.1) is 0 Å². The van der Waals surface area contributed by atoms with Crippen LogP contribution in [0, 0.1) is 5.41 Å². The lowest BCUT2D eigenvalue weighted by Crippen LogP contribution is -2.20. The highest BCUT2D eigenvalue weighted by Crippen LogP contribution is 2.26. The van der Waals surface area contributed by atoms with E-state index in [1.165, 1.54) is 0 Å². The summed E-state index contributed by atoms with van der Waals surface area (Å²) in [5, 5.41) is 8.78. The molecule has 0 radical (unpaired) electrons. The molecule has 1 heterocycles. The van der Waals surface area contributed by atoms with Crippen molar-refractivity contribution < 1.29 is 14.6 Å². The average Bonchev–Trinajstić information content (AvgIpc) is 2.32. The summed E-state index contributed by atoms with van der Waals surface area (Å²) < 4.78 is 10.8. The van der Waals surface area contributed by atoms with E-state index in [2.05, 4.69) is 20.8 Å². The molecule has 1 aliphatic heterocycles. The largest absolute Gasteiger partial charge is 0.394 e. The minimum Gasteiger partial charge on any atom is -0.394 e. The van der Waals surface area contributed by atoms with Gasteiger partial charge in [0.1, 0.15) is 6.10 Å². The van der Waals surface area contributed by atoms with Crippen LogP contribution in [0.2, 0.25) is 0 Å². The Balaban J connectivity index is 2.28. The van der Waals surface area contributed by atoms with Crippen molar-refractivity contribution >= 4 is 0 Å². The van der Waals surface area contributed by atoms with Crippen LogP contribution >= 0.6 is 0 Å². The zero-order valence-electron chi connectivity index (χ0n) is 8.04. The van der Waals surface area contributed by atoms with Gasteiger partial charge in [0, 0.05) is 6.42 Å². The van der Waals surface area contributed by atoms with Gasteiger partial charge in [-0.2, -0.15) is 0 Å². The third-order valence-electron chi connectivity index (χ3n) is 1.79. The van der Waals surface area contributed by atoms with Crippen LogP contribution in [0.4, 0.5) is 0 Å². The molecule has 0 amide bonds. The molecule has 0 aromatic carbocycles. The van der Waals surface area contributed by atoms with Crippen molar-refractivity contribution in [3.8, 4) is 0 Å². The SMILES string of the molecule is CC(C)(C)CC1OCC(CO)O1. The van der Waals surface area contributed by atoms with Gasteiger partial charge < -0.3 is 14.6 Å². The number of hydrogen-bond donors (Lipinski definition) is 1. The van der Waals surface area contributed by atoms with Gasteiger partial charge in [-0.25, -0.2) is 0 Å². The summed E-state index contributed by atoms with van der Waals surface area (Å²) >= 11 is 0. The van der Waals surface area contributed by atoms with Crippen molar-refractivity contribution in [1.29, 1.82) is 0 Å². The molecule has 1 aliphatic rings. The van der Waals surface area contributed by atoms with Gasteiger partial charge in [-0.1, -0.05) is 20.8 Å². The molecule has 3 heteroatoms. The maximum atomic E-state index is 8.78. The summed E-state index contributed by atoms with van der Waals surface area (Å²) in [6, 6.07) is 0. The molecule has 1 fully saturated rings. The van der Waals surface area contributed by atoms with Gasteiger partial charge in [0.15, 0.2) is 6.29 Å². The van der Waals surface area contributed by atoms with E-state index in [0.717, 1.165) is 6.42 Å². The second-order valence-electron chi connectivity index (χ2n) is 4.47. The molecule has 0 aliphatic carbocycles. The second-order valence-corrected chi connectivity index (χ2v) is 4.47. The smallest absolute Gasteiger partial charge is 0.158 e. The van der Waals surface area contributed by atoms with Gasteiger partial charge in [-0.3, -0.25) is 0 Å². The van der Waals surface area contributed by atoms with E-state index < -0.39 is 0 Å². The molecule has 1 saturated heterocycles. The van der Waals surface area contributed by atoms with Gasteiger partial charge in [-0.05, 0) is 5.41 Å².